The molecule has 0 radical (unpaired) electrons. The zero-order chi connectivity index (χ0) is 10.7. The van der Waals surface area contributed by atoms with Crippen molar-refractivity contribution in [2.75, 3.05) is 13.1 Å². The molecule has 2 aliphatic carbocycles. The molecule has 2 aliphatic rings. The number of rotatable bonds is 4. The maximum absolute atomic E-state index is 10.0. The van der Waals surface area contributed by atoms with E-state index in [1.807, 2.05) is 0 Å². The quantitative estimate of drug-likeness (QED) is 0.772. The second-order valence-corrected chi connectivity index (χ2v) is 5.30. The molecule has 0 bridgehead atoms. The first-order valence-corrected chi connectivity index (χ1v) is 6.73. The Morgan fingerprint density at radius 2 is 1.80 bits per heavy atom. The van der Waals surface area contributed by atoms with Gasteiger partial charge in [-0.3, -0.25) is 4.90 Å². The normalized spacial score (nSPS) is 33.0. The molecule has 1 N–H and O–H groups in total. The second-order valence-electron chi connectivity index (χ2n) is 5.30. The molecule has 15 heavy (non-hydrogen) atoms. The third-order valence-corrected chi connectivity index (χ3v) is 4.29. The van der Waals surface area contributed by atoms with Crippen LogP contribution in [0.2, 0.25) is 0 Å². The monoisotopic (exact) mass is 211 g/mol. The molecule has 0 amide bonds. The van der Waals surface area contributed by atoms with Crippen molar-refractivity contribution >= 4 is 0 Å². The van der Waals surface area contributed by atoms with Gasteiger partial charge in [-0.05, 0) is 38.1 Å². The highest BCUT2D eigenvalue weighted by atomic mass is 16.3. The van der Waals surface area contributed by atoms with Gasteiger partial charge in [0, 0.05) is 12.6 Å². The highest BCUT2D eigenvalue weighted by Gasteiger charge is 2.30. The van der Waals surface area contributed by atoms with Gasteiger partial charge in [-0.2, -0.15) is 0 Å². The highest BCUT2D eigenvalue weighted by Crippen LogP contribution is 2.30. The smallest absolute Gasteiger partial charge is 0.0695 e. The minimum atomic E-state index is -0.0567. The van der Waals surface area contributed by atoms with Crippen LogP contribution in [0.5, 0.6) is 0 Å². The molecule has 88 valence electrons. The van der Waals surface area contributed by atoms with Crippen LogP contribution in [-0.2, 0) is 0 Å². The third-order valence-electron chi connectivity index (χ3n) is 4.29. The topological polar surface area (TPSA) is 23.5 Å². The minimum Gasteiger partial charge on any atom is -0.391 e. The summed E-state index contributed by atoms with van der Waals surface area (Å²) in [5, 5.41) is 10.0. The maximum Gasteiger partial charge on any atom is 0.0695 e. The van der Waals surface area contributed by atoms with Crippen molar-refractivity contribution < 1.29 is 5.11 Å². The third kappa shape index (κ3) is 2.73. The molecule has 0 spiro atoms. The first-order valence-electron chi connectivity index (χ1n) is 6.73. The largest absolute Gasteiger partial charge is 0.391 e. The number of nitrogens with zero attached hydrogens (tertiary/aromatic N) is 1. The fraction of sp³-hybridized carbons (Fsp3) is 1.00. The summed E-state index contributed by atoms with van der Waals surface area (Å²) in [4.78, 5) is 2.54. The van der Waals surface area contributed by atoms with Crippen LogP contribution < -0.4 is 0 Å². The van der Waals surface area contributed by atoms with E-state index < -0.39 is 0 Å². The molecule has 0 aliphatic heterocycles. The lowest BCUT2D eigenvalue weighted by atomic mass is 9.83. The zero-order valence-corrected chi connectivity index (χ0v) is 9.99. The van der Waals surface area contributed by atoms with Crippen molar-refractivity contribution in [1.29, 1.82) is 0 Å². The molecule has 0 saturated heterocycles. The fourth-order valence-electron chi connectivity index (χ4n) is 3.02. The van der Waals surface area contributed by atoms with Gasteiger partial charge in [-0.1, -0.05) is 26.2 Å². The summed E-state index contributed by atoms with van der Waals surface area (Å²) in [5.41, 5.74) is 0. The van der Waals surface area contributed by atoms with Crippen LogP contribution in [0.3, 0.4) is 0 Å². The van der Waals surface area contributed by atoms with Crippen LogP contribution in [0.15, 0.2) is 0 Å². The summed E-state index contributed by atoms with van der Waals surface area (Å²) in [7, 11) is 0. The molecular weight excluding hydrogens is 186 g/mol. The molecular formula is C13H25NO. The average molecular weight is 211 g/mol. The lowest BCUT2D eigenvalue weighted by molar-refractivity contribution is 0.00886. The first kappa shape index (κ1) is 11.4. The summed E-state index contributed by atoms with van der Waals surface area (Å²) in [5.74, 6) is 0.930. The summed E-state index contributed by atoms with van der Waals surface area (Å²) >= 11 is 0. The van der Waals surface area contributed by atoms with Gasteiger partial charge in [0.2, 0.25) is 0 Å². The Morgan fingerprint density at radius 1 is 1.07 bits per heavy atom. The molecule has 2 atom stereocenters. The van der Waals surface area contributed by atoms with Crippen LogP contribution in [0, 0.1) is 5.92 Å². The van der Waals surface area contributed by atoms with Crippen LogP contribution >= 0.6 is 0 Å². The number of hydrogen-bond donors (Lipinski definition) is 1. The van der Waals surface area contributed by atoms with Gasteiger partial charge in [-0.25, -0.2) is 0 Å². The van der Waals surface area contributed by atoms with E-state index in [2.05, 4.69) is 11.8 Å². The van der Waals surface area contributed by atoms with E-state index in [9.17, 15) is 5.11 Å². The van der Waals surface area contributed by atoms with E-state index in [0.29, 0.717) is 6.04 Å². The van der Waals surface area contributed by atoms with Crippen LogP contribution in [-0.4, -0.2) is 35.2 Å². The van der Waals surface area contributed by atoms with Gasteiger partial charge in [-0.15, -0.1) is 0 Å². The first-order chi connectivity index (χ1) is 7.31. The number of aliphatic hydroxyl groups excluding tert-OH is 1. The van der Waals surface area contributed by atoms with Crippen LogP contribution in [0.1, 0.15) is 51.9 Å². The summed E-state index contributed by atoms with van der Waals surface area (Å²) in [6.45, 7) is 4.58. The van der Waals surface area contributed by atoms with E-state index in [-0.39, 0.29) is 6.10 Å². The average Bonchev–Trinajstić information content (AvgIpc) is 2.19. The summed E-state index contributed by atoms with van der Waals surface area (Å²) in [6.07, 6.45) is 8.96. The highest BCUT2D eigenvalue weighted by molar-refractivity contribution is 4.85. The molecule has 0 aromatic rings. The fourth-order valence-corrected chi connectivity index (χ4v) is 3.02. The van der Waals surface area contributed by atoms with Gasteiger partial charge < -0.3 is 5.11 Å². The number of aliphatic hydroxyl groups is 1. The van der Waals surface area contributed by atoms with Crippen molar-refractivity contribution in [1.82, 2.24) is 4.90 Å². The van der Waals surface area contributed by atoms with E-state index in [0.717, 1.165) is 18.9 Å². The molecule has 2 saturated carbocycles. The Hall–Kier alpha value is -0.0800. The molecule has 0 heterocycles. The van der Waals surface area contributed by atoms with E-state index in [1.165, 1.54) is 45.1 Å². The van der Waals surface area contributed by atoms with Crippen molar-refractivity contribution in [3.05, 3.63) is 0 Å². The lowest BCUT2D eigenvalue weighted by Crippen LogP contribution is -2.47. The van der Waals surface area contributed by atoms with E-state index in [1.54, 1.807) is 0 Å². The molecule has 2 heteroatoms. The zero-order valence-electron chi connectivity index (χ0n) is 9.99. The van der Waals surface area contributed by atoms with Gasteiger partial charge in [0.1, 0.15) is 0 Å². The minimum absolute atomic E-state index is 0.0567. The van der Waals surface area contributed by atoms with Crippen molar-refractivity contribution in [3.63, 3.8) is 0 Å². The maximum atomic E-state index is 10.0. The lowest BCUT2D eigenvalue weighted by Gasteiger charge is -2.40. The Bertz CT molecular complexity index is 191. The molecule has 2 rings (SSSR count). The Labute approximate surface area is 93.7 Å². The Kier molecular flexibility index (Phi) is 4.04. The van der Waals surface area contributed by atoms with Crippen molar-refractivity contribution in [3.8, 4) is 0 Å². The molecule has 0 aromatic carbocycles. The molecule has 2 nitrogen and oxygen atoms in total. The van der Waals surface area contributed by atoms with Crippen LogP contribution in [0.25, 0.3) is 0 Å². The predicted octanol–water partition coefficient (Wildman–Crippen LogP) is 2.41. The number of hydrogen-bond acceptors (Lipinski definition) is 2. The van der Waals surface area contributed by atoms with Gasteiger partial charge in [0.25, 0.3) is 0 Å². The predicted molar refractivity (Wildman–Crippen MR) is 62.9 cm³/mol. The second kappa shape index (κ2) is 5.31. The van der Waals surface area contributed by atoms with E-state index in [4.69, 9.17) is 0 Å². The Balaban J connectivity index is 1.85. The molecule has 0 unspecified atom stereocenters. The Morgan fingerprint density at radius 3 is 2.33 bits per heavy atom. The van der Waals surface area contributed by atoms with Crippen molar-refractivity contribution in [2.24, 2.45) is 5.92 Å². The van der Waals surface area contributed by atoms with Crippen LogP contribution in [0.4, 0.5) is 0 Å². The summed E-state index contributed by atoms with van der Waals surface area (Å²) in [6, 6.07) is 0.462. The van der Waals surface area contributed by atoms with E-state index >= 15 is 0 Å². The SMILES string of the molecule is CCN(CC1CCC1)[C@@H]1CCCC[C@H]1O. The molecule has 2 fully saturated rings. The standard InChI is InChI=1S/C13H25NO/c1-2-14(10-11-6-5-7-11)12-8-3-4-9-13(12)15/h11-13,15H,2-10H2,1H3/t12-,13-/m1/s1. The summed E-state index contributed by atoms with van der Waals surface area (Å²) < 4.78 is 0. The number of likely N-dealkylation sites (N-methyl/N-ethyl adjacent to an activating group) is 1. The van der Waals surface area contributed by atoms with Gasteiger partial charge in [0.05, 0.1) is 6.10 Å². The van der Waals surface area contributed by atoms with Crippen molar-refractivity contribution in [2.45, 2.75) is 64.0 Å². The van der Waals surface area contributed by atoms with Gasteiger partial charge >= 0.3 is 0 Å². The van der Waals surface area contributed by atoms with Gasteiger partial charge in [0.15, 0.2) is 0 Å². The molecule has 0 aromatic heterocycles.